The van der Waals surface area contributed by atoms with Crippen molar-refractivity contribution in [3.05, 3.63) is 41.6 Å². The molecule has 0 radical (unpaired) electrons. The number of aromatic nitrogens is 2. The van der Waals surface area contributed by atoms with E-state index in [1.807, 2.05) is 19.1 Å². The Bertz CT molecular complexity index is 615. The standard InChI is InChI=1S/C18H24N2O2/c1-3-5-6-7-8-14-9-11-15(12-10-14)16-13-17(18(21)22)20(4-2)19-16/h9-13H,3-8H2,1-2H3,(H,21,22). The van der Waals surface area contributed by atoms with E-state index in [1.165, 1.54) is 35.9 Å². The molecule has 0 unspecified atom stereocenters. The smallest absolute Gasteiger partial charge is 0.354 e. The van der Waals surface area contributed by atoms with Crippen LogP contribution in [-0.4, -0.2) is 20.9 Å². The molecule has 0 spiro atoms. The molecule has 1 N–H and O–H groups in total. The van der Waals surface area contributed by atoms with Gasteiger partial charge in [-0.05, 0) is 31.4 Å². The van der Waals surface area contributed by atoms with Crippen molar-refractivity contribution in [3.63, 3.8) is 0 Å². The van der Waals surface area contributed by atoms with E-state index in [1.54, 1.807) is 6.07 Å². The summed E-state index contributed by atoms with van der Waals surface area (Å²) < 4.78 is 1.52. The molecule has 4 heteroatoms. The van der Waals surface area contributed by atoms with Crippen LogP contribution in [0.5, 0.6) is 0 Å². The number of hydrogen-bond donors (Lipinski definition) is 1. The first kappa shape index (κ1) is 16.3. The van der Waals surface area contributed by atoms with Gasteiger partial charge in [-0.3, -0.25) is 4.68 Å². The number of rotatable bonds is 8. The number of nitrogens with zero attached hydrogens (tertiary/aromatic N) is 2. The number of aromatic carboxylic acids is 1. The van der Waals surface area contributed by atoms with Crippen LogP contribution in [0, 0.1) is 0 Å². The van der Waals surface area contributed by atoms with Crippen LogP contribution >= 0.6 is 0 Å². The fourth-order valence-corrected chi connectivity index (χ4v) is 2.57. The molecular formula is C18H24N2O2. The predicted molar refractivity (Wildman–Crippen MR) is 88.1 cm³/mol. The van der Waals surface area contributed by atoms with Gasteiger partial charge >= 0.3 is 5.97 Å². The summed E-state index contributed by atoms with van der Waals surface area (Å²) in [7, 11) is 0. The Kier molecular flexibility index (Phi) is 5.75. The molecule has 2 rings (SSSR count). The predicted octanol–water partition coefficient (Wildman–Crippen LogP) is 4.39. The third kappa shape index (κ3) is 3.97. The van der Waals surface area contributed by atoms with Crippen LogP contribution in [0.2, 0.25) is 0 Å². The lowest BCUT2D eigenvalue weighted by Crippen LogP contribution is -2.07. The van der Waals surface area contributed by atoms with Gasteiger partial charge < -0.3 is 5.11 Å². The summed E-state index contributed by atoms with van der Waals surface area (Å²) in [6.07, 6.45) is 6.15. The molecule has 118 valence electrons. The molecule has 1 aromatic heterocycles. The third-order valence-electron chi connectivity index (χ3n) is 3.87. The van der Waals surface area contributed by atoms with E-state index < -0.39 is 5.97 Å². The van der Waals surface area contributed by atoms with Crippen molar-refractivity contribution in [1.29, 1.82) is 0 Å². The first-order valence-electron chi connectivity index (χ1n) is 8.06. The molecule has 0 aliphatic carbocycles. The summed E-state index contributed by atoms with van der Waals surface area (Å²) in [5, 5.41) is 13.6. The quantitative estimate of drug-likeness (QED) is 0.735. The minimum absolute atomic E-state index is 0.237. The molecule has 0 aliphatic rings. The summed E-state index contributed by atoms with van der Waals surface area (Å²) in [4.78, 5) is 11.2. The van der Waals surface area contributed by atoms with Gasteiger partial charge in [0.15, 0.2) is 0 Å². The molecule has 0 fully saturated rings. The zero-order valence-corrected chi connectivity index (χ0v) is 13.4. The molecule has 1 heterocycles. The molecule has 0 atom stereocenters. The SMILES string of the molecule is CCCCCCc1ccc(-c2cc(C(=O)O)n(CC)n2)cc1. The van der Waals surface area contributed by atoms with Crippen LogP contribution in [-0.2, 0) is 13.0 Å². The molecule has 4 nitrogen and oxygen atoms in total. The van der Waals surface area contributed by atoms with Gasteiger partial charge in [-0.2, -0.15) is 5.10 Å². The summed E-state index contributed by atoms with van der Waals surface area (Å²) in [5.74, 6) is -0.937. The third-order valence-corrected chi connectivity index (χ3v) is 3.87. The monoisotopic (exact) mass is 300 g/mol. The fourth-order valence-electron chi connectivity index (χ4n) is 2.57. The summed E-state index contributed by atoms with van der Waals surface area (Å²) in [5.41, 5.74) is 3.25. The van der Waals surface area contributed by atoms with Crippen LogP contribution in [0.3, 0.4) is 0 Å². The lowest BCUT2D eigenvalue weighted by Gasteiger charge is -2.03. The van der Waals surface area contributed by atoms with Crippen LogP contribution < -0.4 is 0 Å². The van der Waals surface area contributed by atoms with E-state index in [2.05, 4.69) is 24.2 Å². The van der Waals surface area contributed by atoms with E-state index in [-0.39, 0.29) is 5.69 Å². The highest BCUT2D eigenvalue weighted by Gasteiger charge is 2.14. The molecule has 0 bridgehead atoms. The number of carboxylic acid groups (broad SMARTS) is 1. The molecule has 0 saturated heterocycles. The lowest BCUT2D eigenvalue weighted by molar-refractivity contribution is 0.0683. The second-order valence-electron chi connectivity index (χ2n) is 5.54. The molecule has 2 aromatic rings. The average Bonchev–Trinajstić information content (AvgIpc) is 2.97. The Morgan fingerprint density at radius 3 is 2.41 bits per heavy atom. The normalized spacial score (nSPS) is 10.8. The van der Waals surface area contributed by atoms with Gasteiger partial charge in [0, 0.05) is 12.1 Å². The zero-order chi connectivity index (χ0) is 15.9. The Morgan fingerprint density at radius 2 is 1.86 bits per heavy atom. The zero-order valence-electron chi connectivity index (χ0n) is 13.4. The number of aryl methyl sites for hydroxylation is 2. The van der Waals surface area contributed by atoms with Crippen molar-refractivity contribution < 1.29 is 9.90 Å². The van der Waals surface area contributed by atoms with Gasteiger partial charge in [0.05, 0.1) is 5.69 Å². The molecule has 0 saturated carbocycles. The van der Waals surface area contributed by atoms with Crippen LogP contribution in [0.15, 0.2) is 30.3 Å². The maximum absolute atomic E-state index is 11.2. The number of carboxylic acids is 1. The first-order chi connectivity index (χ1) is 10.7. The van der Waals surface area contributed by atoms with E-state index in [9.17, 15) is 9.90 Å². The molecule has 1 aromatic carbocycles. The molecule has 0 aliphatic heterocycles. The largest absolute Gasteiger partial charge is 0.477 e. The number of hydrogen-bond acceptors (Lipinski definition) is 2. The first-order valence-corrected chi connectivity index (χ1v) is 8.06. The topological polar surface area (TPSA) is 55.1 Å². The Hall–Kier alpha value is -2.10. The van der Waals surface area contributed by atoms with Crippen molar-refractivity contribution in [2.24, 2.45) is 0 Å². The van der Waals surface area contributed by atoms with Crippen molar-refractivity contribution in [1.82, 2.24) is 9.78 Å². The number of benzene rings is 1. The second-order valence-corrected chi connectivity index (χ2v) is 5.54. The molecule has 22 heavy (non-hydrogen) atoms. The maximum Gasteiger partial charge on any atom is 0.354 e. The molecule has 0 amide bonds. The molecular weight excluding hydrogens is 276 g/mol. The van der Waals surface area contributed by atoms with Crippen molar-refractivity contribution >= 4 is 5.97 Å². The van der Waals surface area contributed by atoms with Gasteiger partial charge in [-0.1, -0.05) is 50.5 Å². The highest BCUT2D eigenvalue weighted by Crippen LogP contribution is 2.21. The highest BCUT2D eigenvalue weighted by atomic mass is 16.4. The van der Waals surface area contributed by atoms with Crippen LogP contribution in [0.25, 0.3) is 11.3 Å². The maximum atomic E-state index is 11.2. The summed E-state index contributed by atoms with van der Waals surface area (Å²) in [6.45, 7) is 4.66. The number of unbranched alkanes of at least 4 members (excludes halogenated alkanes) is 3. The summed E-state index contributed by atoms with van der Waals surface area (Å²) >= 11 is 0. The van der Waals surface area contributed by atoms with E-state index in [0.29, 0.717) is 6.54 Å². The minimum Gasteiger partial charge on any atom is -0.477 e. The minimum atomic E-state index is -0.937. The van der Waals surface area contributed by atoms with Crippen molar-refractivity contribution in [2.75, 3.05) is 0 Å². The Morgan fingerprint density at radius 1 is 1.14 bits per heavy atom. The van der Waals surface area contributed by atoms with Gasteiger partial charge in [0.2, 0.25) is 0 Å². The van der Waals surface area contributed by atoms with E-state index >= 15 is 0 Å². The lowest BCUT2D eigenvalue weighted by atomic mass is 10.0. The van der Waals surface area contributed by atoms with Gasteiger partial charge in [0.25, 0.3) is 0 Å². The van der Waals surface area contributed by atoms with Crippen molar-refractivity contribution in [2.45, 2.75) is 52.5 Å². The average molecular weight is 300 g/mol. The van der Waals surface area contributed by atoms with Crippen LogP contribution in [0.4, 0.5) is 0 Å². The van der Waals surface area contributed by atoms with Gasteiger partial charge in [-0.25, -0.2) is 4.79 Å². The fraction of sp³-hybridized carbons (Fsp3) is 0.444. The summed E-state index contributed by atoms with van der Waals surface area (Å²) in [6, 6.07) is 9.94. The number of carbonyl (C=O) groups is 1. The highest BCUT2D eigenvalue weighted by molar-refractivity contribution is 5.87. The van der Waals surface area contributed by atoms with Gasteiger partial charge in [0.1, 0.15) is 5.69 Å². The second kappa shape index (κ2) is 7.78. The van der Waals surface area contributed by atoms with E-state index in [4.69, 9.17) is 0 Å². The van der Waals surface area contributed by atoms with Gasteiger partial charge in [-0.15, -0.1) is 0 Å². The Balaban J connectivity index is 2.08. The van der Waals surface area contributed by atoms with Crippen LogP contribution in [0.1, 0.15) is 55.6 Å². The van der Waals surface area contributed by atoms with E-state index in [0.717, 1.165) is 17.7 Å². The Labute approximate surface area is 131 Å². The van der Waals surface area contributed by atoms with Crippen molar-refractivity contribution in [3.8, 4) is 11.3 Å².